The molecule has 0 amide bonds. The molecule has 0 aromatic heterocycles. The maximum atomic E-state index is 11.4. The van der Waals surface area contributed by atoms with Crippen LogP contribution in [0.2, 0.25) is 0 Å². The molecule has 0 aromatic rings. The molecule has 0 aromatic carbocycles. The Morgan fingerprint density at radius 2 is 1.59 bits per heavy atom. The largest absolute Gasteiger partial charge is 0.393 e. The Morgan fingerprint density at radius 1 is 0.897 bits per heavy atom. The first kappa shape index (κ1) is 22.1. The van der Waals surface area contributed by atoms with E-state index < -0.39 is 0 Å². The molecule has 4 aliphatic rings. The van der Waals surface area contributed by atoms with Gasteiger partial charge in [0, 0.05) is 6.04 Å². The molecule has 4 saturated carbocycles. The average molecular weight is 404 g/mol. The van der Waals surface area contributed by atoms with Gasteiger partial charge in [-0.05, 0) is 104 Å². The topological polar surface area (TPSA) is 46.2 Å². The highest BCUT2D eigenvalue weighted by Crippen LogP contribution is 2.68. The summed E-state index contributed by atoms with van der Waals surface area (Å²) < 4.78 is 0. The first-order chi connectivity index (χ1) is 13.7. The van der Waals surface area contributed by atoms with Crippen LogP contribution in [0.25, 0.3) is 0 Å². The molecule has 4 rings (SSSR count). The van der Waals surface area contributed by atoms with Crippen molar-refractivity contribution >= 4 is 0 Å². The number of fused-ring (bicyclic) bond motifs is 5. The Bertz CT molecular complexity index is 575. The second-order valence-corrected chi connectivity index (χ2v) is 12.9. The van der Waals surface area contributed by atoms with Crippen LogP contribution in [0, 0.1) is 52.3 Å². The predicted molar refractivity (Wildman–Crippen MR) is 122 cm³/mol. The summed E-state index contributed by atoms with van der Waals surface area (Å²) in [6.07, 6.45) is 14.3. The maximum Gasteiger partial charge on any atom is 0.0577 e. The molecular formula is C27H49NO. The molecule has 3 N–H and O–H groups in total. The van der Waals surface area contributed by atoms with E-state index in [4.69, 9.17) is 5.73 Å². The van der Waals surface area contributed by atoms with Gasteiger partial charge in [-0.2, -0.15) is 0 Å². The van der Waals surface area contributed by atoms with Crippen LogP contribution in [-0.2, 0) is 0 Å². The molecule has 0 spiro atoms. The molecule has 4 aliphatic carbocycles. The van der Waals surface area contributed by atoms with E-state index in [1.165, 1.54) is 57.8 Å². The Kier molecular flexibility index (Phi) is 6.19. The summed E-state index contributed by atoms with van der Waals surface area (Å²) in [5.41, 5.74) is 7.25. The van der Waals surface area contributed by atoms with Gasteiger partial charge in [0.05, 0.1) is 6.10 Å². The van der Waals surface area contributed by atoms with Gasteiger partial charge in [0.1, 0.15) is 0 Å². The number of nitrogens with two attached hydrogens (primary N) is 1. The molecule has 2 nitrogen and oxygen atoms in total. The Balaban J connectivity index is 1.50. The van der Waals surface area contributed by atoms with Crippen molar-refractivity contribution < 1.29 is 5.11 Å². The summed E-state index contributed by atoms with van der Waals surface area (Å²) in [6, 6.07) is 0.369. The number of rotatable bonds is 5. The van der Waals surface area contributed by atoms with Gasteiger partial charge >= 0.3 is 0 Å². The molecule has 10 atom stereocenters. The minimum Gasteiger partial charge on any atom is -0.393 e. The molecule has 0 radical (unpaired) electrons. The van der Waals surface area contributed by atoms with Crippen LogP contribution in [-0.4, -0.2) is 17.3 Å². The van der Waals surface area contributed by atoms with E-state index in [2.05, 4.69) is 34.6 Å². The number of aliphatic hydroxyl groups excluding tert-OH is 1. The predicted octanol–water partition coefficient (Wildman–Crippen LogP) is 6.41. The molecule has 29 heavy (non-hydrogen) atoms. The summed E-state index contributed by atoms with van der Waals surface area (Å²) in [5, 5.41) is 11.4. The summed E-state index contributed by atoms with van der Waals surface area (Å²) in [4.78, 5) is 0. The van der Waals surface area contributed by atoms with Gasteiger partial charge in [0.2, 0.25) is 0 Å². The molecule has 168 valence electrons. The fourth-order valence-electron chi connectivity index (χ4n) is 9.28. The third-order valence-electron chi connectivity index (χ3n) is 10.9. The normalized spacial score (nSPS) is 50.7. The van der Waals surface area contributed by atoms with Gasteiger partial charge in [0.15, 0.2) is 0 Å². The van der Waals surface area contributed by atoms with Crippen LogP contribution in [0.1, 0.15) is 105 Å². The van der Waals surface area contributed by atoms with Crippen molar-refractivity contribution in [2.75, 3.05) is 0 Å². The van der Waals surface area contributed by atoms with Crippen LogP contribution < -0.4 is 5.73 Å². The molecule has 0 bridgehead atoms. The van der Waals surface area contributed by atoms with Gasteiger partial charge in [0.25, 0.3) is 0 Å². The highest BCUT2D eigenvalue weighted by atomic mass is 16.3. The van der Waals surface area contributed by atoms with Crippen molar-refractivity contribution in [1.29, 1.82) is 0 Å². The van der Waals surface area contributed by atoms with E-state index in [0.717, 1.165) is 42.4 Å². The van der Waals surface area contributed by atoms with Crippen molar-refractivity contribution in [3.8, 4) is 0 Å². The van der Waals surface area contributed by atoms with Crippen LogP contribution in [0.5, 0.6) is 0 Å². The monoisotopic (exact) mass is 403 g/mol. The molecule has 4 fully saturated rings. The number of hydrogen-bond acceptors (Lipinski definition) is 2. The summed E-state index contributed by atoms with van der Waals surface area (Å²) in [7, 11) is 0. The quantitative estimate of drug-likeness (QED) is 0.557. The van der Waals surface area contributed by atoms with Gasteiger partial charge in [-0.25, -0.2) is 0 Å². The molecule has 0 aliphatic heterocycles. The van der Waals surface area contributed by atoms with Crippen molar-refractivity contribution in [3.63, 3.8) is 0 Å². The van der Waals surface area contributed by atoms with Crippen molar-refractivity contribution in [2.24, 2.45) is 58.0 Å². The Hall–Kier alpha value is -0.0800. The summed E-state index contributed by atoms with van der Waals surface area (Å²) in [5.74, 6) is 5.24. The van der Waals surface area contributed by atoms with Crippen LogP contribution in [0.15, 0.2) is 0 Å². The van der Waals surface area contributed by atoms with Crippen LogP contribution in [0.3, 0.4) is 0 Å². The summed E-state index contributed by atoms with van der Waals surface area (Å²) >= 11 is 0. The van der Waals surface area contributed by atoms with Crippen LogP contribution in [0.4, 0.5) is 0 Å². The Morgan fingerprint density at radius 3 is 2.31 bits per heavy atom. The molecule has 0 heterocycles. The molecule has 4 unspecified atom stereocenters. The number of hydrogen-bond donors (Lipinski definition) is 2. The van der Waals surface area contributed by atoms with Gasteiger partial charge < -0.3 is 10.8 Å². The number of aliphatic hydroxyl groups is 1. The van der Waals surface area contributed by atoms with Gasteiger partial charge in [-0.3, -0.25) is 0 Å². The lowest BCUT2D eigenvalue weighted by atomic mass is 9.43. The lowest BCUT2D eigenvalue weighted by Gasteiger charge is -2.62. The van der Waals surface area contributed by atoms with Gasteiger partial charge in [-0.15, -0.1) is 0 Å². The minimum absolute atomic E-state index is 0.0806. The third-order valence-corrected chi connectivity index (χ3v) is 10.9. The Labute approximate surface area is 180 Å². The van der Waals surface area contributed by atoms with Gasteiger partial charge in [-0.1, -0.05) is 53.9 Å². The van der Waals surface area contributed by atoms with Crippen LogP contribution >= 0.6 is 0 Å². The van der Waals surface area contributed by atoms with E-state index in [1.54, 1.807) is 0 Å². The van der Waals surface area contributed by atoms with Crippen molar-refractivity contribution in [1.82, 2.24) is 0 Å². The average Bonchev–Trinajstić information content (AvgIpc) is 3.00. The van der Waals surface area contributed by atoms with E-state index in [-0.39, 0.29) is 6.10 Å². The first-order valence-corrected chi connectivity index (χ1v) is 13.1. The summed E-state index contributed by atoms with van der Waals surface area (Å²) in [6.45, 7) is 12.5. The highest BCUT2D eigenvalue weighted by Gasteiger charge is 2.62. The zero-order chi connectivity index (χ0) is 21.0. The lowest BCUT2D eigenvalue weighted by Crippen LogP contribution is -2.59. The van der Waals surface area contributed by atoms with Crippen molar-refractivity contribution in [2.45, 2.75) is 117 Å². The smallest absolute Gasteiger partial charge is 0.0577 e. The van der Waals surface area contributed by atoms with E-state index in [9.17, 15) is 5.11 Å². The second kappa shape index (κ2) is 8.12. The highest BCUT2D eigenvalue weighted by molar-refractivity contribution is 5.12. The third kappa shape index (κ3) is 3.73. The van der Waals surface area contributed by atoms with E-state index in [1.807, 2.05) is 0 Å². The second-order valence-electron chi connectivity index (χ2n) is 12.9. The van der Waals surface area contributed by atoms with E-state index >= 15 is 0 Å². The molecule has 2 heteroatoms. The maximum absolute atomic E-state index is 11.4. The zero-order valence-electron chi connectivity index (χ0n) is 20.0. The molecule has 0 saturated heterocycles. The standard InChI is InChI=1S/C27H49NO/c1-17(2)7-6-8-18(3)21-9-10-22-25-23(12-14-27(21,22)5)26(4)13-11-20(28)15-19(26)16-24(25)29/h17-25,29H,6-16,28H2,1-5H3/t18?,19-,20+,21-,22?,23?,24-,25?,26+,27-/m1/s1. The lowest BCUT2D eigenvalue weighted by molar-refractivity contribution is -0.166. The van der Waals surface area contributed by atoms with Crippen molar-refractivity contribution in [3.05, 3.63) is 0 Å². The zero-order valence-corrected chi connectivity index (χ0v) is 20.0. The van der Waals surface area contributed by atoms with E-state index in [0.29, 0.717) is 28.7 Å². The SMILES string of the molecule is CC(C)CCCC(C)[C@H]1CCC2C3C(CC[C@@]21C)[C@@]1(C)CC[C@H](N)C[C@@H]1C[C@H]3O. The minimum atomic E-state index is -0.0806. The molecular weight excluding hydrogens is 354 g/mol. The first-order valence-electron chi connectivity index (χ1n) is 13.1. The fraction of sp³-hybridized carbons (Fsp3) is 1.00. The fourth-order valence-corrected chi connectivity index (χ4v) is 9.28.